The molecular formula is C20H18BrN3O2. The van der Waals surface area contributed by atoms with Crippen LogP contribution in [0.2, 0.25) is 0 Å². The summed E-state index contributed by atoms with van der Waals surface area (Å²) in [6, 6.07) is 11.4. The van der Waals surface area contributed by atoms with Crippen molar-refractivity contribution >= 4 is 38.5 Å². The molecule has 1 aliphatic carbocycles. The van der Waals surface area contributed by atoms with Gasteiger partial charge in [-0.05, 0) is 67.6 Å². The molecule has 3 aromatic rings. The Kier molecular flexibility index (Phi) is 4.15. The highest BCUT2D eigenvalue weighted by molar-refractivity contribution is 9.10. The zero-order chi connectivity index (χ0) is 18.4. The molecule has 1 fully saturated rings. The van der Waals surface area contributed by atoms with Crippen molar-refractivity contribution < 1.29 is 9.59 Å². The molecule has 0 radical (unpaired) electrons. The van der Waals surface area contributed by atoms with Gasteiger partial charge >= 0.3 is 0 Å². The van der Waals surface area contributed by atoms with Crippen LogP contribution in [0.3, 0.4) is 0 Å². The number of benzene rings is 2. The second-order valence-corrected chi connectivity index (χ2v) is 7.52. The highest BCUT2D eigenvalue weighted by Gasteiger charge is 2.29. The van der Waals surface area contributed by atoms with Crippen LogP contribution in [0.4, 0.5) is 0 Å². The summed E-state index contributed by atoms with van der Waals surface area (Å²) in [5.74, 6) is 0.244. The summed E-state index contributed by atoms with van der Waals surface area (Å²) in [6.07, 6.45) is 2.17. The first kappa shape index (κ1) is 17.0. The normalized spacial score (nSPS) is 13.8. The second kappa shape index (κ2) is 6.36. The van der Waals surface area contributed by atoms with E-state index < -0.39 is 0 Å². The summed E-state index contributed by atoms with van der Waals surface area (Å²) in [4.78, 5) is 24.7. The summed E-state index contributed by atoms with van der Waals surface area (Å²) in [5, 5.41) is 8.12. The quantitative estimate of drug-likeness (QED) is 0.653. The average Bonchev–Trinajstić information content (AvgIpc) is 3.41. The monoisotopic (exact) mass is 411 g/mol. The van der Waals surface area contributed by atoms with Gasteiger partial charge in [0.2, 0.25) is 0 Å². The zero-order valence-electron chi connectivity index (χ0n) is 14.5. The Hall–Kier alpha value is -2.47. The van der Waals surface area contributed by atoms with Crippen LogP contribution >= 0.6 is 15.9 Å². The van der Waals surface area contributed by atoms with Crippen molar-refractivity contribution in [3.05, 3.63) is 57.7 Å². The fraction of sp³-hybridized carbons (Fsp3) is 0.250. The molecule has 1 saturated carbocycles. The number of Topliss-reactive ketones (excluding diaryl/α,β-unsaturated/α-hetero) is 1. The predicted octanol–water partition coefficient (Wildman–Crippen LogP) is 4.23. The number of amides is 1. The minimum absolute atomic E-state index is 0.0356. The molecule has 132 valence electrons. The van der Waals surface area contributed by atoms with Crippen LogP contribution < -0.4 is 5.32 Å². The van der Waals surface area contributed by atoms with E-state index in [0.29, 0.717) is 22.7 Å². The number of carbonyl (C=O) groups is 2. The smallest absolute Gasteiger partial charge is 0.270 e. The van der Waals surface area contributed by atoms with E-state index in [1.165, 1.54) is 0 Å². The van der Waals surface area contributed by atoms with E-state index in [2.05, 4.69) is 26.3 Å². The number of ketones is 1. The van der Waals surface area contributed by atoms with Crippen LogP contribution in [0, 0.1) is 0 Å². The molecule has 0 atom stereocenters. The lowest BCUT2D eigenvalue weighted by Crippen LogP contribution is -2.21. The molecular weight excluding hydrogens is 394 g/mol. The van der Waals surface area contributed by atoms with Gasteiger partial charge in [-0.15, -0.1) is 0 Å². The molecule has 0 bridgehead atoms. The largest absolute Gasteiger partial charge is 0.354 e. The number of aromatic nitrogens is 2. The third kappa shape index (κ3) is 2.84. The molecule has 0 aliphatic heterocycles. The molecule has 1 aliphatic rings. The van der Waals surface area contributed by atoms with Gasteiger partial charge in [-0.3, -0.25) is 9.59 Å². The molecule has 26 heavy (non-hydrogen) atoms. The lowest BCUT2D eigenvalue weighted by atomic mass is 9.97. The van der Waals surface area contributed by atoms with E-state index in [0.717, 1.165) is 34.0 Å². The fourth-order valence-electron chi connectivity index (χ4n) is 3.29. The van der Waals surface area contributed by atoms with Gasteiger partial charge in [-0.1, -0.05) is 15.9 Å². The summed E-state index contributed by atoms with van der Waals surface area (Å²) >= 11 is 3.43. The fourth-order valence-corrected chi connectivity index (χ4v) is 3.56. The summed E-state index contributed by atoms with van der Waals surface area (Å²) in [5.41, 5.74) is 3.68. The Balaban J connectivity index is 2.01. The number of halogens is 1. The Morgan fingerprint density at radius 3 is 2.46 bits per heavy atom. The molecule has 0 spiro atoms. The lowest BCUT2D eigenvalue weighted by molar-refractivity contribution is 0.0956. The number of rotatable bonds is 4. The third-order valence-corrected chi connectivity index (χ3v) is 5.28. The van der Waals surface area contributed by atoms with Crippen LogP contribution in [-0.4, -0.2) is 28.5 Å². The average molecular weight is 412 g/mol. The van der Waals surface area contributed by atoms with Crippen molar-refractivity contribution in [1.82, 2.24) is 15.1 Å². The zero-order valence-corrected chi connectivity index (χ0v) is 16.1. The summed E-state index contributed by atoms with van der Waals surface area (Å²) in [7, 11) is 1.61. The number of nitrogens with one attached hydrogen (secondary N) is 1. The van der Waals surface area contributed by atoms with Crippen molar-refractivity contribution in [3.63, 3.8) is 0 Å². The van der Waals surface area contributed by atoms with Crippen molar-refractivity contribution in [3.8, 4) is 5.69 Å². The molecule has 0 unspecified atom stereocenters. The van der Waals surface area contributed by atoms with Crippen LogP contribution in [0.1, 0.15) is 52.1 Å². The molecule has 6 heteroatoms. The Bertz CT molecular complexity index is 1030. The van der Waals surface area contributed by atoms with Gasteiger partial charge in [-0.25, -0.2) is 4.68 Å². The summed E-state index contributed by atoms with van der Waals surface area (Å²) < 4.78 is 2.60. The van der Waals surface area contributed by atoms with Crippen LogP contribution in [-0.2, 0) is 0 Å². The molecule has 5 nitrogen and oxygen atoms in total. The summed E-state index contributed by atoms with van der Waals surface area (Å²) in [6.45, 7) is 1.58. The first-order valence-corrected chi connectivity index (χ1v) is 9.34. The Labute approximate surface area is 159 Å². The maximum atomic E-state index is 12.6. The number of hydrogen-bond acceptors (Lipinski definition) is 3. The number of nitrogens with zero attached hydrogens (tertiary/aromatic N) is 2. The minimum Gasteiger partial charge on any atom is -0.354 e. The van der Waals surface area contributed by atoms with Crippen LogP contribution in [0.5, 0.6) is 0 Å². The maximum absolute atomic E-state index is 12.6. The van der Waals surface area contributed by atoms with Gasteiger partial charge < -0.3 is 5.32 Å². The van der Waals surface area contributed by atoms with E-state index in [-0.39, 0.29) is 11.7 Å². The van der Waals surface area contributed by atoms with E-state index >= 15 is 0 Å². The number of hydrogen-bond donors (Lipinski definition) is 1. The third-order valence-electron chi connectivity index (χ3n) is 4.75. The Morgan fingerprint density at radius 1 is 1.19 bits per heavy atom. The number of fused-ring (bicyclic) bond motifs is 1. The van der Waals surface area contributed by atoms with Gasteiger partial charge in [0.25, 0.3) is 5.91 Å². The highest BCUT2D eigenvalue weighted by Crippen LogP contribution is 2.43. The van der Waals surface area contributed by atoms with Gasteiger partial charge in [-0.2, -0.15) is 5.10 Å². The Morgan fingerprint density at radius 2 is 1.88 bits per heavy atom. The van der Waals surface area contributed by atoms with E-state index in [1.807, 2.05) is 36.4 Å². The van der Waals surface area contributed by atoms with E-state index in [9.17, 15) is 9.59 Å². The van der Waals surface area contributed by atoms with Gasteiger partial charge in [0, 0.05) is 22.5 Å². The predicted molar refractivity (Wildman–Crippen MR) is 104 cm³/mol. The molecule has 2 aromatic carbocycles. The highest BCUT2D eigenvalue weighted by atomic mass is 79.9. The SMILES string of the molecule is CNC(=O)c1c2cc(C3CC3)c(C(C)=O)cc2nn1-c1ccc(Br)cc1. The number of carbonyl (C=O) groups excluding carboxylic acids is 2. The first-order valence-electron chi connectivity index (χ1n) is 8.55. The van der Waals surface area contributed by atoms with E-state index in [1.54, 1.807) is 18.7 Å². The van der Waals surface area contributed by atoms with Crippen LogP contribution in [0.25, 0.3) is 16.6 Å². The molecule has 4 rings (SSSR count). The molecule has 0 saturated heterocycles. The maximum Gasteiger partial charge on any atom is 0.270 e. The second-order valence-electron chi connectivity index (χ2n) is 6.60. The van der Waals surface area contributed by atoms with Crippen molar-refractivity contribution in [2.24, 2.45) is 0 Å². The molecule has 1 heterocycles. The van der Waals surface area contributed by atoms with Gasteiger partial charge in [0.1, 0.15) is 5.69 Å². The van der Waals surface area contributed by atoms with Crippen molar-refractivity contribution in [2.75, 3.05) is 7.05 Å². The molecule has 1 aromatic heterocycles. The van der Waals surface area contributed by atoms with Crippen molar-refractivity contribution in [1.29, 1.82) is 0 Å². The van der Waals surface area contributed by atoms with Gasteiger partial charge in [0.05, 0.1) is 11.2 Å². The molecule has 1 amide bonds. The lowest BCUT2D eigenvalue weighted by Gasteiger charge is -2.08. The van der Waals surface area contributed by atoms with Crippen molar-refractivity contribution in [2.45, 2.75) is 25.7 Å². The van der Waals surface area contributed by atoms with Crippen LogP contribution in [0.15, 0.2) is 40.9 Å². The molecule has 1 N–H and O–H groups in total. The standard InChI is InChI=1S/C20H18BrN3O2/c1-11(25)15-10-18-17(9-16(15)12-3-4-12)19(20(26)22-2)24(23-18)14-7-5-13(21)6-8-14/h5-10,12H,3-4H2,1-2H3,(H,22,26). The van der Waals surface area contributed by atoms with Gasteiger partial charge in [0.15, 0.2) is 5.78 Å². The van der Waals surface area contributed by atoms with E-state index in [4.69, 9.17) is 0 Å². The first-order chi connectivity index (χ1) is 12.5. The topological polar surface area (TPSA) is 64.0 Å². The minimum atomic E-state index is -0.201.